The molecule has 1 aliphatic heterocycles. The topological polar surface area (TPSA) is 59.6 Å². The summed E-state index contributed by atoms with van der Waals surface area (Å²) in [7, 11) is 0. The van der Waals surface area contributed by atoms with E-state index in [4.69, 9.17) is 4.98 Å². The standard InChI is InChI=1S/C25H26N4O2/c1-17-8-6-12-27(15-17)25(31)21-14-20-23(29(21)16-19-10-4-3-5-11-19)26-22-18(2)9-7-13-28(22)24(20)30/h3-5,7,9-11,13-14,17H,6,8,12,15-16H2,1-2H3/t17-/m1/s1. The Morgan fingerprint density at radius 3 is 2.71 bits per heavy atom. The summed E-state index contributed by atoms with van der Waals surface area (Å²) < 4.78 is 3.49. The zero-order chi connectivity index (χ0) is 21.5. The normalized spacial score (nSPS) is 16.8. The van der Waals surface area contributed by atoms with Gasteiger partial charge in [-0.1, -0.05) is 43.3 Å². The molecule has 0 spiro atoms. The molecule has 1 aromatic carbocycles. The number of carbonyl (C=O) groups is 1. The van der Waals surface area contributed by atoms with Crippen molar-refractivity contribution in [2.75, 3.05) is 13.1 Å². The fraction of sp³-hybridized carbons (Fsp3) is 0.320. The van der Waals surface area contributed by atoms with Crippen molar-refractivity contribution in [2.45, 2.75) is 33.2 Å². The third kappa shape index (κ3) is 3.42. The van der Waals surface area contributed by atoms with E-state index in [0.29, 0.717) is 34.8 Å². The van der Waals surface area contributed by atoms with Gasteiger partial charge in [-0.25, -0.2) is 4.98 Å². The van der Waals surface area contributed by atoms with Gasteiger partial charge in [0.2, 0.25) is 0 Å². The van der Waals surface area contributed by atoms with Gasteiger partial charge in [-0.05, 0) is 48.9 Å². The van der Waals surface area contributed by atoms with Crippen LogP contribution in [0.2, 0.25) is 0 Å². The maximum atomic E-state index is 13.6. The summed E-state index contributed by atoms with van der Waals surface area (Å²) in [6.07, 6.45) is 3.89. The van der Waals surface area contributed by atoms with Crippen LogP contribution in [0.1, 0.15) is 41.4 Å². The summed E-state index contributed by atoms with van der Waals surface area (Å²) in [6, 6.07) is 15.5. The number of piperidine rings is 1. The van der Waals surface area contributed by atoms with E-state index in [1.54, 1.807) is 16.7 Å². The number of aromatic nitrogens is 3. The van der Waals surface area contributed by atoms with Crippen LogP contribution >= 0.6 is 0 Å². The molecule has 1 aliphatic rings. The lowest BCUT2D eigenvalue weighted by Crippen LogP contribution is -2.40. The molecule has 6 heteroatoms. The lowest BCUT2D eigenvalue weighted by molar-refractivity contribution is 0.0673. The van der Waals surface area contributed by atoms with Crippen LogP contribution in [0.3, 0.4) is 0 Å². The Hall–Kier alpha value is -3.41. The number of fused-ring (bicyclic) bond motifs is 2. The number of hydrogen-bond donors (Lipinski definition) is 0. The second-order valence-corrected chi connectivity index (χ2v) is 8.64. The zero-order valence-corrected chi connectivity index (χ0v) is 17.9. The molecule has 5 rings (SSSR count). The Labute approximate surface area is 180 Å². The molecule has 0 radical (unpaired) electrons. The molecular weight excluding hydrogens is 388 g/mol. The number of pyridine rings is 1. The molecule has 0 saturated carbocycles. The Balaban J connectivity index is 1.73. The number of aryl methyl sites for hydroxylation is 1. The first-order valence-electron chi connectivity index (χ1n) is 10.9. The van der Waals surface area contributed by atoms with E-state index in [9.17, 15) is 9.59 Å². The number of amides is 1. The first-order chi connectivity index (χ1) is 15.0. The summed E-state index contributed by atoms with van der Waals surface area (Å²) >= 11 is 0. The quantitative estimate of drug-likeness (QED) is 0.511. The first kappa shape index (κ1) is 19.5. The average Bonchev–Trinajstić information content (AvgIpc) is 3.13. The highest BCUT2D eigenvalue weighted by Gasteiger charge is 2.27. The van der Waals surface area contributed by atoms with Crippen molar-refractivity contribution < 1.29 is 4.79 Å². The molecule has 4 heterocycles. The Morgan fingerprint density at radius 2 is 1.94 bits per heavy atom. The molecule has 0 bridgehead atoms. The lowest BCUT2D eigenvalue weighted by Gasteiger charge is -2.31. The highest BCUT2D eigenvalue weighted by atomic mass is 16.2. The van der Waals surface area contributed by atoms with Gasteiger partial charge in [0.05, 0.1) is 5.39 Å². The first-order valence-corrected chi connectivity index (χ1v) is 10.9. The molecule has 4 aromatic rings. The Morgan fingerprint density at radius 1 is 1.13 bits per heavy atom. The fourth-order valence-corrected chi connectivity index (χ4v) is 4.60. The van der Waals surface area contributed by atoms with Crippen LogP contribution < -0.4 is 5.56 Å². The van der Waals surface area contributed by atoms with Crippen LogP contribution in [0.25, 0.3) is 16.7 Å². The van der Waals surface area contributed by atoms with Gasteiger partial charge in [-0.3, -0.25) is 14.0 Å². The molecule has 1 atom stereocenters. The minimum absolute atomic E-state index is 0.0225. The fourth-order valence-electron chi connectivity index (χ4n) is 4.60. The van der Waals surface area contributed by atoms with E-state index >= 15 is 0 Å². The van der Waals surface area contributed by atoms with Crippen molar-refractivity contribution in [2.24, 2.45) is 5.92 Å². The molecule has 3 aromatic heterocycles. The number of carbonyl (C=O) groups excluding carboxylic acids is 1. The van der Waals surface area contributed by atoms with Crippen molar-refractivity contribution in [3.63, 3.8) is 0 Å². The van der Waals surface area contributed by atoms with Crippen molar-refractivity contribution in [3.8, 4) is 0 Å². The monoisotopic (exact) mass is 414 g/mol. The summed E-state index contributed by atoms with van der Waals surface area (Å²) in [4.78, 5) is 33.6. The number of nitrogens with zero attached hydrogens (tertiary/aromatic N) is 4. The number of rotatable bonds is 3. The molecule has 31 heavy (non-hydrogen) atoms. The predicted molar refractivity (Wildman–Crippen MR) is 122 cm³/mol. The van der Waals surface area contributed by atoms with Gasteiger partial charge in [-0.15, -0.1) is 0 Å². The zero-order valence-electron chi connectivity index (χ0n) is 17.9. The van der Waals surface area contributed by atoms with Gasteiger partial charge < -0.3 is 9.47 Å². The number of hydrogen-bond acceptors (Lipinski definition) is 3. The van der Waals surface area contributed by atoms with E-state index in [-0.39, 0.29) is 11.5 Å². The summed E-state index contributed by atoms with van der Waals surface area (Å²) in [6.45, 7) is 6.12. The molecule has 158 valence electrons. The van der Waals surface area contributed by atoms with E-state index in [1.165, 1.54) is 0 Å². The van der Waals surface area contributed by atoms with Crippen molar-refractivity contribution in [1.29, 1.82) is 0 Å². The molecule has 0 aliphatic carbocycles. The molecule has 0 N–H and O–H groups in total. The van der Waals surface area contributed by atoms with Gasteiger partial charge in [-0.2, -0.15) is 0 Å². The second kappa shape index (κ2) is 7.69. The highest BCUT2D eigenvalue weighted by Crippen LogP contribution is 2.23. The SMILES string of the molecule is Cc1cccn2c(=O)c3cc(C(=O)N4CCC[C@@H](C)C4)n(Cc4ccccc4)c3nc12. The van der Waals surface area contributed by atoms with Crippen LogP contribution in [0.15, 0.2) is 59.5 Å². The van der Waals surface area contributed by atoms with Crippen LogP contribution in [0.4, 0.5) is 0 Å². The minimum atomic E-state index is -0.142. The van der Waals surface area contributed by atoms with Gasteiger partial charge in [0, 0.05) is 25.8 Å². The minimum Gasteiger partial charge on any atom is -0.337 e. The van der Waals surface area contributed by atoms with Gasteiger partial charge in [0.25, 0.3) is 11.5 Å². The van der Waals surface area contributed by atoms with Crippen LogP contribution in [0.5, 0.6) is 0 Å². The Kier molecular flexibility index (Phi) is 4.85. The molecule has 6 nitrogen and oxygen atoms in total. The molecule has 0 unspecified atom stereocenters. The number of likely N-dealkylation sites (tertiary alicyclic amines) is 1. The summed E-state index contributed by atoms with van der Waals surface area (Å²) in [5, 5.41) is 0.479. The van der Waals surface area contributed by atoms with Crippen molar-refractivity contribution in [3.05, 3.63) is 81.9 Å². The van der Waals surface area contributed by atoms with Crippen molar-refractivity contribution in [1.82, 2.24) is 18.9 Å². The van der Waals surface area contributed by atoms with E-state index in [1.807, 2.05) is 58.9 Å². The largest absolute Gasteiger partial charge is 0.337 e. The van der Waals surface area contributed by atoms with Gasteiger partial charge in [0.15, 0.2) is 0 Å². The van der Waals surface area contributed by atoms with Crippen LogP contribution in [-0.4, -0.2) is 37.8 Å². The van der Waals surface area contributed by atoms with Crippen molar-refractivity contribution >= 4 is 22.6 Å². The van der Waals surface area contributed by atoms with Crippen LogP contribution in [-0.2, 0) is 6.54 Å². The summed E-state index contributed by atoms with van der Waals surface area (Å²) in [5.74, 6) is 0.462. The van der Waals surface area contributed by atoms with Crippen LogP contribution in [0, 0.1) is 12.8 Å². The van der Waals surface area contributed by atoms with Gasteiger partial charge >= 0.3 is 0 Å². The second-order valence-electron chi connectivity index (χ2n) is 8.64. The van der Waals surface area contributed by atoms with E-state index in [0.717, 1.165) is 37.1 Å². The molecule has 1 saturated heterocycles. The third-order valence-corrected chi connectivity index (χ3v) is 6.24. The smallest absolute Gasteiger partial charge is 0.270 e. The predicted octanol–water partition coefficient (Wildman–Crippen LogP) is 3.88. The Bertz CT molecular complexity index is 1340. The average molecular weight is 415 g/mol. The molecular formula is C25H26N4O2. The molecule has 1 fully saturated rings. The molecule has 1 amide bonds. The highest BCUT2D eigenvalue weighted by molar-refractivity contribution is 5.98. The van der Waals surface area contributed by atoms with E-state index in [2.05, 4.69) is 6.92 Å². The maximum Gasteiger partial charge on any atom is 0.270 e. The van der Waals surface area contributed by atoms with E-state index < -0.39 is 0 Å². The summed E-state index contributed by atoms with van der Waals surface area (Å²) in [5.41, 5.74) is 3.57. The third-order valence-electron chi connectivity index (χ3n) is 6.24. The van der Waals surface area contributed by atoms with Gasteiger partial charge in [0.1, 0.15) is 17.0 Å². The number of benzene rings is 1. The maximum absolute atomic E-state index is 13.6. The lowest BCUT2D eigenvalue weighted by atomic mass is 10.00.